The van der Waals surface area contributed by atoms with E-state index in [0.29, 0.717) is 25.6 Å². The van der Waals surface area contributed by atoms with Gasteiger partial charge in [-0.15, -0.1) is 0 Å². The van der Waals surface area contributed by atoms with Gasteiger partial charge < -0.3 is 14.6 Å². The van der Waals surface area contributed by atoms with Crippen molar-refractivity contribution in [3.63, 3.8) is 0 Å². The number of carbonyl (C=O) groups is 2. The van der Waals surface area contributed by atoms with Gasteiger partial charge >= 0.3 is 11.9 Å². The van der Waals surface area contributed by atoms with E-state index in [1.807, 2.05) is 0 Å². The summed E-state index contributed by atoms with van der Waals surface area (Å²) in [6, 6.07) is 0. The summed E-state index contributed by atoms with van der Waals surface area (Å²) in [5.41, 5.74) is 0. The van der Waals surface area contributed by atoms with Crippen LogP contribution in [0, 0.1) is 5.92 Å². The van der Waals surface area contributed by atoms with Crippen molar-refractivity contribution in [2.75, 3.05) is 13.2 Å². The van der Waals surface area contributed by atoms with Gasteiger partial charge in [0.1, 0.15) is 0 Å². The van der Waals surface area contributed by atoms with Gasteiger partial charge in [0.2, 0.25) is 0 Å². The number of carboxylic acid groups (broad SMARTS) is 1. The lowest BCUT2D eigenvalue weighted by Gasteiger charge is -2.22. The first-order valence-corrected chi connectivity index (χ1v) is 7.66. The van der Waals surface area contributed by atoms with E-state index in [4.69, 9.17) is 14.6 Å². The minimum absolute atomic E-state index is 0.216. The van der Waals surface area contributed by atoms with Gasteiger partial charge in [-0.3, -0.25) is 9.59 Å². The molecule has 1 fully saturated rings. The van der Waals surface area contributed by atoms with Crippen LogP contribution in [0.1, 0.15) is 58.3 Å². The van der Waals surface area contributed by atoms with Crippen molar-refractivity contribution in [3.05, 3.63) is 0 Å². The molecule has 1 unspecified atom stereocenters. The molecule has 0 aromatic carbocycles. The lowest BCUT2D eigenvalue weighted by atomic mass is 9.98. The first-order valence-electron chi connectivity index (χ1n) is 7.66. The van der Waals surface area contributed by atoms with E-state index >= 15 is 0 Å². The van der Waals surface area contributed by atoms with Gasteiger partial charge in [-0.1, -0.05) is 19.3 Å². The highest BCUT2D eigenvalue weighted by atomic mass is 16.5. The summed E-state index contributed by atoms with van der Waals surface area (Å²) < 4.78 is 10.5. The van der Waals surface area contributed by atoms with Crippen LogP contribution < -0.4 is 0 Å². The zero-order chi connectivity index (χ0) is 14.8. The molecule has 20 heavy (non-hydrogen) atoms. The maximum absolute atomic E-state index is 11.5. The Hall–Kier alpha value is -1.10. The highest BCUT2D eigenvalue weighted by Gasteiger charge is 2.26. The van der Waals surface area contributed by atoms with E-state index < -0.39 is 17.9 Å². The first-order chi connectivity index (χ1) is 9.65. The summed E-state index contributed by atoms with van der Waals surface area (Å²) in [5.74, 6) is -2.77. The van der Waals surface area contributed by atoms with E-state index in [-0.39, 0.29) is 6.61 Å². The molecule has 1 rings (SSSR count). The molecule has 1 aliphatic carbocycles. The van der Waals surface area contributed by atoms with Crippen molar-refractivity contribution in [1.82, 2.24) is 0 Å². The Morgan fingerprint density at radius 3 is 2.50 bits per heavy atom. The molecule has 0 amide bonds. The predicted molar refractivity (Wildman–Crippen MR) is 74.4 cm³/mol. The fraction of sp³-hybridized carbons (Fsp3) is 0.867. The maximum Gasteiger partial charge on any atom is 0.320 e. The number of carboxylic acids is 1. The second-order valence-electron chi connectivity index (χ2n) is 5.27. The van der Waals surface area contributed by atoms with E-state index in [1.165, 1.54) is 19.3 Å². The number of aliphatic carboxylic acids is 1. The fourth-order valence-electron chi connectivity index (χ4n) is 2.52. The molecule has 1 aliphatic rings. The third kappa shape index (κ3) is 6.37. The molecule has 1 saturated carbocycles. The van der Waals surface area contributed by atoms with Crippen LogP contribution in [-0.4, -0.2) is 36.4 Å². The van der Waals surface area contributed by atoms with Gasteiger partial charge in [0.05, 0.1) is 12.7 Å². The molecular weight excluding hydrogens is 260 g/mol. The van der Waals surface area contributed by atoms with E-state index in [0.717, 1.165) is 19.3 Å². The molecule has 0 aliphatic heterocycles. The van der Waals surface area contributed by atoms with Crippen LogP contribution >= 0.6 is 0 Å². The SMILES string of the molecule is CCOC(=O)C(CCCCOC1CCCCC1)C(=O)O. The molecule has 0 heterocycles. The summed E-state index contributed by atoms with van der Waals surface area (Å²) in [6.07, 6.45) is 8.23. The van der Waals surface area contributed by atoms with Gasteiger partial charge in [-0.25, -0.2) is 0 Å². The second-order valence-corrected chi connectivity index (χ2v) is 5.27. The Kier molecular flexibility index (Phi) is 8.26. The molecule has 116 valence electrons. The summed E-state index contributed by atoms with van der Waals surface area (Å²) in [6.45, 7) is 2.54. The molecule has 0 saturated heterocycles. The molecular formula is C15H26O5. The van der Waals surface area contributed by atoms with Crippen molar-refractivity contribution in [2.45, 2.75) is 64.4 Å². The Labute approximate surface area is 120 Å². The number of hydrogen-bond donors (Lipinski definition) is 1. The van der Waals surface area contributed by atoms with Crippen molar-refractivity contribution < 1.29 is 24.2 Å². The Morgan fingerprint density at radius 2 is 1.90 bits per heavy atom. The quantitative estimate of drug-likeness (QED) is 0.401. The molecule has 0 aromatic rings. The maximum atomic E-state index is 11.5. The van der Waals surface area contributed by atoms with Gasteiger partial charge in [0.25, 0.3) is 0 Å². The highest BCUT2D eigenvalue weighted by molar-refractivity contribution is 5.93. The standard InChI is InChI=1S/C15H26O5/c1-2-19-15(18)13(14(16)17)10-6-7-11-20-12-8-4-3-5-9-12/h12-13H,2-11H2,1H3,(H,16,17). The van der Waals surface area contributed by atoms with E-state index in [1.54, 1.807) is 6.92 Å². The number of ether oxygens (including phenoxy) is 2. The van der Waals surface area contributed by atoms with Crippen molar-refractivity contribution in [2.24, 2.45) is 5.92 Å². The molecule has 0 radical (unpaired) electrons. The summed E-state index contributed by atoms with van der Waals surface area (Å²) in [5, 5.41) is 9.00. The molecule has 0 spiro atoms. The largest absolute Gasteiger partial charge is 0.481 e. The van der Waals surface area contributed by atoms with Gasteiger partial charge in [0, 0.05) is 6.61 Å². The molecule has 5 nitrogen and oxygen atoms in total. The lowest BCUT2D eigenvalue weighted by molar-refractivity contribution is -0.158. The van der Waals surface area contributed by atoms with E-state index in [2.05, 4.69) is 0 Å². The first kappa shape index (κ1) is 17.0. The van der Waals surface area contributed by atoms with Gasteiger partial charge in [0.15, 0.2) is 5.92 Å². The van der Waals surface area contributed by atoms with Crippen LogP contribution in [0.25, 0.3) is 0 Å². The summed E-state index contributed by atoms with van der Waals surface area (Å²) >= 11 is 0. The van der Waals surface area contributed by atoms with Crippen LogP contribution in [0.5, 0.6) is 0 Å². The Bertz CT molecular complexity index is 297. The fourth-order valence-corrected chi connectivity index (χ4v) is 2.52. The molecule has 1 atom stereocenters. The van der Waals surface area contributed by atoms with Crippen LogP contribution in [-0.2, 0) is 19.1 Å². The van der Waals surface area contributed by atoms with Crippen molar-refractivity contribution >= 4 is 11.9 Å². The van der Waals surface area contributed by atoms with Gasteiger partial charge in [-0.2, -0.15) is 0 Å². The molecule has 0 aromatic heterocycles. The average Bonchev–Trinajstić information content (AvgIpc) is 2.43. The number of carbonyl (C=O) groups excluding carboxylic acids is 1. The lowest BCUT2D eigenvalue weighted by Crippen LogP contribution is -2.26. The zero-order valence-electron chi connectivity index (χ0n) is 12.3. The van der Waals surface area contributed by atoms with Crippen LogP contribution in [0.2, 0.25) is 0 Å². The predicted octanol–water partition coefficient (Wildman–Crippen LogP) is 2.77. The third-order valence-electron chi connectivity index (χ3n) is 3.66. The Morgan fingerprint density at radius 1 is 1.20 bits per heavy atom. The number of unbranched alkanes of at least 4 members (excludes halogenated alkanes) is 1. The van der Waals surface area contributed by atoms with Gasteiger partial charge in [-0.05, 0) is 39.0 Å². The van der Waals surface area contributed by atoms with E-state index in [9.17, 15) is 9.59 Å². The number of rotatable bonds is 9. The monoisotopic (exact) mass is 286 g/mol. The number of hydrogen-bond acceptors (Lipinski definition) is 4. The van der Waals surface area contributed by atoms with Crippen LogP contribution in [0.3, 0.4) is 0 Å². The second kappa shape index (κ2) is 9.75. The summed E-state index contributed by atoms with van der Waals surface area (Å²) in [4.78, 5) is 22.5. The molecule has 5 heteroatoms. The third-order valence-corrected chi connectivity index (χ3v) is 3.66. The average molecular weight is 286 g/mol. The normalized spacial score (nSPS) is 17.6. The highest BCUT2D eigenvalue weighted by Crippen LogP contribution is 2.20. The minimum atomic E-state index is -1.10. The summed E-state index contributed by atoms with van der Waals surface area (Å²) in [7, 11) is 0. The zero-order valence-corrected chi connectivity index (χ0v) is 12.3. The molecule has 0 bridgehead atoms. The molecule has 1 N–H and O–H groups in total. The number of esters is 1. The van der Waals surface area contributed by atoms with Crippen molar-refractivity contribution in [3.8, 4) is 0 Å². The smallest absolute Gasteiger partial charge is 0.320 e. The topological polar surface area (TPSA) is 72.8 Å². The van der Waals surface area contributed by atoms with Crippen LogP contribution in [0.15, 0.2) is 0 Å². The van der Waals surface area contributed by atoms with Crippen molar-refractivity contribution in [1.29, 1.82) is 0 Å². The van der Waals surface area contributed by atoms with Crippen LogP contribution in [0.4, 0.5) is 0 Å². The Balaban J connectivity index is 2.13. The minimum Gasteiger partial charge on any atom is -0.481 e.